The number of likely N-dealkylation sites (tertiary alicyclic amines) is 1. The molecular formula is C24H29NO3. The van der Waals surface area contributed by atoms with Crippen molar-refractivity contribution in [2.24, 2.45) is 5.41 Å². The summed E-state index contributed by atoms with van der Waals surface area (Å²) in [5, 5.41) is 0. The fraction of sp³-hybridized carbons (Fsp3) is 0.458. The largest absolute Gasteiger partial charge is 0.488 e. The van der Waals surface area contributed by atoms with Gasteiger partial charge in [-0.3, -0.25) is 4.79 Å². The summed E-state index contributed by atoms with van der Waals surface area (Å²) in [6, 6.07) is 17.7. The molecule has 4 nitrogen and oxygen atoms in total. The number of nitrogens with zero attached hydrogens (tertiary/aromatic N) is 1. The SMILES string of the molecule is CO[C@@H]1CCC[C@]12CCCN(C(=O)c1ccccc1OCc1ccccc1)C2. The number of carbonyl (C=O) groups excluding carboxylic acids is 1. The van der Waals surface area contributed by atoms with Gasteiger partial charge in [0, 0.05) is 25.6 Å². The highest BCUT2D eigenvalue weighted by Crippen LogP contribution is 2.46. The minimum Gasteiger partial charge on any atom is -0.488 e. The Balaban J connectivity index is 1.50. The molecule has 1 amide bonds. The topological polar surface area (TPSA) is 38.8 Å². The van der Waals surface area contributed by atoms with E-state index in [0.717, 1.165) is 44.3 Å². The Morgan fingerprint density at radius 2 is 1.82 bits per heavy atom. The Morgan fingerprint density at radius 3 is 2.64 bits per heavy atom. The number of amides is 1. The molecule has 1 saturated heterocycles. The first-order valence-corrected chi connectivity index (χ1v) is 10.3. The molecule has 1 aliphatic carbocycles. The number of methoxy groups -OCH3 is 1. The first-order chi connectivity index (χ1) is 13.7. The molecule has 1 aliphatic heterocycles. The van der Waals surface area contributed by atoms with E-state index in [4.69, 9.17) is 9.47 Å². The van der Waals surface area contributed by atoms with Crippen LogP contribution in [-0.2, 0) is 11.3 Å². The summed E-state index contributed by atoms with van der Waals surface area (Å²) in [4.78, 5) is 15.4. The molecule has 2 aliphatic rings. The average molecular weight is 380 g/mol. The van der Waals surface area contributed by atoms with Crippen LogP contribution in [0, 0.1) is 5.41 Å². The van der Waals surface area contributed by atoms with Crippen molar-refractivity contribution < 1.29 is 14.3 Å². The van der Waals surface area contributed by atoms with E-state index in [1.165, 1.54) is 6.42 Å². The Bertz CT molecular complexity index is 807. The lowest BCUT2D eigenvalue weighted by atomic mass is 9.76. The van der Waals surface area contributed by atoms with Crippen molar-refractivity contribution in [1.29, 1.82) is 0 Å². The third-order valence-corrected chi connectivity index (χ3v) is 6.36. The van der Waals surface area contributed by atoms with Gasteiger partial charge in [-0.2, -0.15) is 0 Å². The second kappa shape index (κ2) is 8.36. The lowest BCUT2D eigenvalue weighted by Gasteiger charge is -2.43. The van der Waals surface area contributed by atoms with Gasteiger partial charge in [0.05, 0.1) is 11.7 Å². The van der Waals surface area contributed by atoms with E-state index in [2.05, 4.69) is 0 Å². The molecule has 2 fully saturated rings. The molecule has 2 aromatic rings. The number of ether oxygens (including phenoxy) is 2. The van der Waals surface area contributed by atoms with Crippen molar-refractivity contribution in [2.45, 2.75) is 44.8 Å². The number of rotatable bonds is 5. The van der Waals surface area contributed by atoms with E-state index in [-0.39, 0.29) is 17.4 Å². The van der Waals surface area contributed by atoms with Gasteiger partial charge in [0.1, 0.15) is 12.4 Å². The summed E-state index contributed by atoms with van der Waals surface area (Å²) in [6.45, 7) is 2.06. The third-order valence-electron chi connectivity index (χ3n) is 6.36. The van der Waals surface area contributed by atoms with Crippen LogP contribution in [0.15, 0.2) is 54.6 Å². The number of benzene rings is 2. The maximum atomic E-state index is 13.4. The zero-order valence-electron chi connectivity index (χ0n) is 16.6. The van der Waals surface area contributed by atoms with Gasteiger partial charge in [0.15, 0.2) is 0 Å². The van der Waals surface area contributed by atoms with Crippen LogP contribution < -0.4 is 4.74 Å². The molecule has 2 aromatic carbocycles. The van der Waals surface area contributed by atoms with Crippen LogP contribution in [0.3, 0.4) is 0 Å². The first-order valence-electron chi connectivity index (χ1n) is 10.3. The molecule has 0 N–H and O–H groups in total. The quantitative estimate of drug-likeness (QED) is 0.757. The van der Waals surface area contributed by atoms with Crippen molar-refractivity contribution in [3.8, 4) is 5.75 Å². The smallest absolute Gasteiger partial charge is 0.257 e. The minimum absolute atomic E-state index is 0.0736. The van der Waals surface area contributed by atoms with Crippen molar-refractivity contribution in [2.75, 3.05) is 20.2 Å². The fourth-order valence-corrected chi connectivity index (χ4v) is 4.95. The van der Waals surface area contributed by atoms with Crippen LogP contribution in [0.25, 0.3) is 0 Å². The zero-order valence-corrected chi connectivity index (χ0v) is 16.6. The van der Waals surface area contributed by atoms with Crippen LogP contribution in [0.4, 0.5) is 0 Å². The van der Waals surface area contributed by atoms with E-state index < -0.39 is 0 Å². The molecular weight excluding hydrogens is 350 g/mol. The maximum Gasteiger partial charge on any atom is 0.257 e. The molecule has 1 saturated carbocycles. The van der Waals surface area contributed by atoms with Gasteiger partial charge in [-0.15, -0.1) is 0 Å². The van der Waals surface area contributed by atoms with Crippen LogP contribution >= 0.6 is 0 Å². The molecule has 2 atom stereocenters. The normalized spacial score (nSPS) is 24.5. The summed E-state index contributed by atoms with van der Waals surface area (Å²) >= 11 is 0. The second-order valence-electron chi connectivity index (χ2n) is 8.08. The lowest BCUT2D eigenvalue weighted by molar-refractivity contribution is -0.0296. The van der Waals surface area contributed by atoms with Gasteiger partial charge in [-0.25, -0.2) is 0 Å². The first kappa shape index (κ1) is 19.0. The van der Waals surface area contributed by atoms with Gasteiger partial charge in [-0.05, 0) is 43.4 Å². The molecule has 28 heavy (non-hydrogen) atoms. The van der Waals surface area contributed by atoms with E-state index in [9.17, 15) is 4.79 Å². The Hall–Kier alpha value is -2.33. The summed E-state index contributed by atoms with van der Waals surface area (Å²) in [6.07, 6.45) is 5.92. The molecule has 4 heteroatoms. The highest BCUT2D eigenvalue weighted by Gasteiger charge is 2.46. The Kier molecular flexibility index (Phi) is 5.67. The fourth-order valence-electron chi connectivity index (χ4n) is 4.95. The number of hydrogen-bond acceptors (Lipinski definition) is 3. The number of piperidine rings is 1. The second-order valence-corrected chi connectivity index (χ2v) is 8.08. The van der Waals surface area contributed by atoms with Crippen molar-refractivity contribution in [3.05, 3.63) is 65.7 Å². The third kappa shape index (κ3) is 3.79. The van der Waals surface area contributed by atoms with Crippen molar-refractivity contribution >= 4 is 5.91 Å². The minimum atomic E-state index is 0.0736. The molecule has 0 radical (unpaired) electrons. The highest BCUT2D eigenvalue weighted by molar-refractivity contribution is 5.97. The van der Waals surface area contributed by atoms with Crippen molar-refractivity contribution in [3.63, 3.8) is 0 Å². The molecule has 0 bridgehead atoms. The van der Waals surface area contributed by atoms with Gasteiger partial charge in [0.25, 0.3) is 5.91 Å². The molecule has 148 valence electrons. The summed E-state index contributed by atoms with van der Waals surface area (Å²) < 4.78 is 11.8. The van der Waals surface area contributed by atoms with Gasteiger partial charge < -0.3 is 14.4 Å². The number of para-hydroxylation sites is 1. The molecule has 1 spiro atoms. The predicted molar refractivity (Wildman–Crippen MR) is 109 cm³/mol. The van der Waals surface area contributed by atoms with E-state index >= 15 is 0 Å². The monoisotopic (exact) mass is 379 g/mol. The van der Waals surface area contributed by atoms with E-state index in [0.29, 0.717) is 17.9 Å². The van der Waals surface area contributed by atoms with Gasteiger partial charge in [-0.1, -0.05) is 48.9 Å². The van der Waals surface area contributed by atoms with Crippen LogP contribution in [0.1, 0.15) is 48.0 Å². The van der Waals surface area contributed by atoms with Crippen molar-refractivity contribution in [1.82, 2.24) is 4.90 Å². The molecule has 4 rings (SSSR count). The van der Waals surface area contributed by atoms with E-state index in [1.54, 1.807) is 0 Å². The van der Waals surface area contributed by atoms with Crippen LogP contribution in [0.5, 0.6) is 5.75 Å². The lowest BCUT2D eigenvalue weighted by Crippen LogP contribution is -2.49. The summed E-state index contributed by atoms with van der Waals surface area (Å²) in [7, 11) is 1.81. The van der Waals surface area contributed by atoms with Gasteiger partial charge in [0.2, 0.25) is 0 Å². The zero-order chi connectivity index (χ0) is 19.4. The summed E-state index contributed by atoms with van der Waals surface area (Å²) in [5.41, 5.74) is 1.88. The molecule has 0 unspecified atom stereocenters. The van der Waals surface area contributed by atoms with Crippen LogP contribution in [0.2, 0.25) is 0 Å². The Labute approximate surface area is 167 Å². The standard InChI is InChI=1S/C24H29NO3/c1-27-22-13-7-14-24(22)15-8-16-25(18-24)23(26)20-11-5-6-12-21(20)28-17-19-9-3-2-4-10-19/h2-6,9-12,22H,7-8,13-18H2,1H3/t22-,24-/m1/s1. The maximum absolute atomic E-state index is 13.4. The molecule has 0 aromatic heterocycles. The predicted octanol–water partition coefficient (Wildman–Crippen LogP) is 4.69. The average Bonchev–Trinajstić information content (AvgIpc) is 3.14. The number of hydrogen-bond donors (Lipinski definition) is 0. The highest BCUT2D eigenvalue weighted by atomic mass is 16.5. The van der Waals surface area contributed by atoms with Gasteiger partial charge >= 0.3 is 0 Å². The van der Waals surface area contributed by atoms with Crippen LogP contribution in [-0.4, -0.2) is 37.1 Å². The Morgan fingerprint density at radius 1 is 1.07 bits per heavy atom. The summed E-state index contributed by atoms with van der Waals surface area (Å²) in [5.74, 6) is 0.732. The van der Waals surface area contributed by atoms with E-state index in [1.807, 2.05) is 66.6 Å². The molecule has 1 heterocycles. The number of carbonyl (C=O) groups is 1.